The number of hydrogen-bond acceptors (Lipinski definition) is 6. The zero-order chi connectivity index (χ0) is 20.1. The van der Waals surface area contributed by atoms with Gasteiger partial charge in [-0.2, -0.15) is 0 Å². The molecule has 2 heterocycles. The van der Waals surface area contributed by atoms with Crippen molar-refractivity contribution in [1.29, 1.82) is 0 Å². The van der Waals surface area contributed by atoms with E-state index in [0.717, 1.165) is 0 Å². The van der Waals surface area contributed by atoms with E-state index in [0.29, 0.717) is 39.5 Å². The third-order valence-corrected chi connectivity index (χ3v) is 4.74. The Morgan fingerprint density at radius 3 is 2.54 bits per heavy atom. The average Bonchev–Trinajstić information content (AvgIpc) is 2.68. The van der Waals surface area contributed by atoms with Crippen LogP contribution in [0.5, 0.6) is 23.0 Å². The van der Waals surface area contributed by atoms with E-state index in [2.05, 4.69) is 0 Å². The van der Waals surface area contributed by atoms with Gasteiger partial charge in [-0.3, -0.25) is 4.79 Å². The van der Waals surface area contributed by atoms with Crippen molar-refractivity contribution in [1.82, 2.24) is 0 Å². The first kappa shape index (κ1) is 18.0. The Balaban J connectivity index is 1.93. The Morgan fingerprint density at radius 1 is 1.07 bits per heavy atom. The number of rotatable bonds is 3. The lowest BCUT2D eigenvalue weighted by atomic mass is 9.98. The molecule has 0 fully saturated rings. The molecule has 0 spiro atoms. The molecule has 0 unspecified atom stereocenters. The van der Waals surface area contributed by atoms with Crippen molar-refractivity contribution in [3.05, 3.63) is 52.4 Å². The second-order valence-corrected chi connectivity index (χ2v) is 7.10. The van der Waals surface area contributed by atoms with Crippen molar-refractivity contribution in [3.63, 3.8) is 0 Å². The molecule has 28 heavy (non-hydrogen) atoms. The molecule has 0 aliphatic carbocycles. The zero-order valence-corrected chi connectivity index (χ0v) is 16.0. The fourth-order valence-corrected chi connectivity index (χ4v) is 3.31. The standard InChI is InChI=1S/C22H20O6/c1-22(2)8-7-13-20-14(10-16(23)21(13)28-22)19(24)15(11-27-20)12-5-6-17(25-3)18(9-12)26-4/h5-11,23H,1-4H3. The fraction of sp³-hybridized carbons (Fsp3) is 0.227. The highest BCUT2D eigenvalue weighted by Crippen LogP contribution is 2.42. The molecule has 1 aromatic heterocycles. The van der Waals surface area contributed by atoms with Crippen LogP contribution in [-0.4, -0.2) is 24.9 Å². The van der Waals surface area contributed by atoms with Gasteiger partial charge in [-0.25, -0.2) is 0 Å². The summed E-state index contributed by atoms with van der Waals surface area (Å²) in [5.41, 5.74) is 1.08. The van der Waals surface area contributed by atoms with Gasteiger partial charge >= 0.3 is 0 Å². The normalized spacial score (nSPS) is 14.4. The van der Waals surface area contributed by atoms with Crippen LogP contribution in [0.2, 0.25) is 0 Å². The molecule has 0 saturated heterocycles. The smallest absolute Gasteiger partial charge is 0.200 e. The van der Waals surface area contributed by atoms with Crippen LogP contribution in [0.25, 0.3) is 28.2 Å². The van der Waals surface area contributed by atoms with E-state index in [1.165, 1.54) is 19.4 Å². The quantitative estimate of drug-likeness (QED) is 0.727. The van der Waals surface area contributed by atoms with Crippen LogP contribution in [0.1, 0.15) is 19.4 Å². The summed E-state index contributed by atoms with van der Waals surface area (Å²) in [6, 6.07) is 6.57. The minimum absolute atomic E-state index is 0.100. The number of phenols is 1. The number of fused-ring (bicyclic) bond motifs is 3. The molecular weight excluding hydrogens is 360 g/mol. The highest BCUT2D eigenvalue weighted by molar-refractivity contribution is 5.93. The summed E-state index contributed by atoms with van der Waals surface area (Å²) in [5.74, 6) is 1.28. The van der Waals surface area contributed by atoms with Crippen LogP contribution in [-0.2, 0) is 0 Å². The third-order valence-electron chi connectivity index (χ3n) is 4.74. The molecule has 1 aliphatic heterocycles. The van der Waals surface area contributed by atoms with E-state index in [1.54, 1.807) is 31.4 Å². The second kappa shape index (κ2) is 6.34. The van der Waals surface area contributed by atoms with E-state index in [4.69, 9.17) is 18.6 Å². The first-order valence-electron chi connectivity index (χ1n) is 8.77. The summed E-state index contributed by atoms with van der Waals surface area (Å²) in [6.45, 7) is 3.76. The number of ether oxygens (including phenoxy) is 3. The van der Waals surface area contributed by atoms with Gasteiger partial charge in [-0.15, -0.1) is 0 Å². The molecule has 0 atom stereocenters. The van der Waals surface area contributed by atoms with Crippen LogP contribution < -0.4 is 19.6 Å². The molecule has 6 nitrogen and oxygen atoms in total. The minimum Gasteiger partial charge on any atom is -0.504 e. The summed E-state index contributed by atoms with van der Waals surface area (Å²) in [5, 5.41) is 10.7. The first-order valence-corrected chi connectivity index (χ1v) is 8.77. The molecule has 6 heteroatoms. The summed E-state index contributed by atoms with van der Waals surface area (Å²) in [6.07, 6.45) is 5.08. The Labute approximate surface area is 161 Å². The maximum atomic E-state index is 13.1. The van der Waals surface area contributed by atoms with Crippen molar-refractivity contribution in [3.8, 4) is 34.1 Å². The predicted octanol–water partition coefficient (Wildman–Crippen LogP) is 4.37. The lowest BCUT2D eigenvalue weighted by Crippen LogP contribution is -2.27. The van der Waals surface area contributed by atoms with Crippen LogP contribution >= 0.6 is 0 Å². The lowest BCUT2D eigenvalue weighted by Gasteiger charge is -2.28. The van der Waals surface area contributed by atoms with Gasteiger partial charge in [0.05, 0.1) is 30.7 Å². The van der Waals surface area contributed by atoms with E-state index in [-0.39, 0.29) is 16.6 Å². The minimum atomic E-state index is -0.557. The van der Waals surface area contributed by atoms with Crippen molar-refractivity contribution in [2.24, 2.45) is 0 Å². The van der Waals surface area contributed by atoms with Gasteiger partial charge in [0.15, 0.2) is 23.0 Å². The van der Waals surface area contributed by atoms with Crippen LogP contribution in [0.3, 0.4) is 0 Å². The fourth-order valence-electron chi connectivity index (χ4n) is 3.31. The number of methoxy groups -OCH3 is 2. The van der Waals surface area contributed by atoms with E-state index in [9.17, 15) is 9.90 Å². The first-order chi connectivity index (χ1) is 13.3. The van der Waals surface area contributed by atoms with E-state index < -0.39 is 5.60 Å². The van der Waals surface area contributed by atoms with Gasteiger partial charge in [-0.05, 0) is 49.8 Å². The SMILES string of the molecule is COc1ccc(-c2coc3c4c(c(O)cc3c2=O)OC(C)(C)C=C4)cc1OC. The average molecular weight is 380 g/mol. The van der Waals surface area contributed by atoms with Crippen LogP contribution in [0.4, 0.5) is 0 Å². The molecule has 144 valence electrons. The Hall–Kier alpha value is -3.41. The van der Waals surface area contributed by atoms with E-state index >= 15 is 0 Å². The van der Waals surface area contributed by atoms with Gasteiger partial charge in [0, 0.05) is 0 Å². The number of benzene rings is 2. The molecular formula is C22H20O6. The zero-order valence-electron chi connectivity index (χ0n) is 16.0. The van der Waals surface area contributed by atoms with Crippen LogP contribution in [0.15, 0.2) is 45.8 Å². The summed E-state index contributed by atoms with van der Waals surface area (Å²) >= 11 is 0. The number of phenolic OH excluding ortho intramolecular Hbond substituents is 1. The van der Waals surface area contributed by atoms with Gasteiger partial charge in [0.2, 0.25) is 5.43 Å². The van der Waals surface area contributed by atoms with Gasteiger partial charge in [0.25, 0.3) is 0 Å². The third kappa shape index (κ3) is 2.78. The summed E-state index contributed by atoms with van der Waals surface area (Å²) < 4.78 is 22.2. The summed E-state index contributed by atoms with van der Waals surface area (Å²) in [4.78, 5) is 13.1. The topological polar surface area (TPSA) is 78.1 Å². The van der Waals surface area contributed by atoms with Crippen molar-refractivity contribution in [2.75, 3.05) is 14.2 Å². The van der Waals surface area contributed by atoms with Gasteiger partial charge < -0.3 is 23.7 Å². The monoisotopic (exact) mass is 380 g/mol. The molecule has 0 bridgehead atoms. The Bertz CT molecular complexity index is 1170. The Morgan fingerprint density at radius 2 is 1.82 bits per heavy atom. The molecule has 2 aromatic carbocycles. The van der Waals surface area contributed by atoms with Gasteiger partial charge in [0.1, 0.15) is 17.4 Å². The number of aromatic hydroxyl groups is 1. The molecule has 4 rings (SSSR count). The predicted molar refractivity (Wildman–Crippen MR) is 106 cm³/mol. The molecule has 1 aliphatic rings. The van der Waals surface area contributed by atoms with Gasteiger partial charge in [-0.1, -0.05) is 6.07 Å². The summed E-state index contributed by atoms with van der Waals surface area (Å²) in [7, 11) is 3.08. The molecule has 0 radical (unpaired) electrons. The molecule has 1 N–H and O–H groups in total. The Kier molecular flexibility index (Phi) is 4.07. The highest BCUT2D eigenvalue weighted by atomic mass is 16.5. The maximum absolute atomic E-state index is 13.1. The second-order valence-electron chi connectivity index (χ2n) is 7.10. The molecule has 0 saturated carbocycles. The molecule has 0 amide bonds. The highest BCUT2D eigenvalue weighted by Gasteiger charge is 2.27. The lowest BCUT2D eigenvalue weighted by molar-refractivity contribution is 0.153. The van der Waals surface area contributed by atoms with E-state index in [1.807, 2.05) is 19.9 Å². The number of hydrogen-bond donors (Lipinski definition) is 1. The van der Waals surface area contributed by atoms with Crippen molar-refractivity contribution >= 4 is 17.0 Å². The van der Waals surface area contributed by atoms with Crippen molar-refractivity contribution in [2.45, 2.75) is 19.4 Å². The maximum Gasteiger partial charge on any atom is 0.200 e. The van der Waals surface area contributed by atoms with Crippen LogP contribution in [0, 0.1) is 0 Å². The largest absolute Gasteiger partial charge is 0.504 e. The van der Waals surface area contributed by atoms with Crippen molar-refractivity contribution < 1.29 is 23.7 Å². The molecule has 3 aromatic rings.